The molecule has 1 aliphatic carbocycles. The Morgan fingerprint density at radius 1 is 1.60 bits per heavy atom. The number of rotatable bonds is 8. The number of amides is 1. The van der Waals surface area contributed by atoms with Crippen LogP contribution in [0.25, 0.3) is 0 Å². The molecule has 0 bridgehead atoms. The van der Waals surface area contributed by atoms with Crippen molar-refractivity contribution in [3.05, 3.63) is 0 Å². The number of nitrogens with one attached hydrogen (secondary N) is 1. The van der Waals surface area contributed by atoms with Crippen LogP contribution in [0.4, 0.5) is 0 Å². The number of carbonyl (C=O) groups is 1. The standard InChI is InChI=1S/C11H22N2O2/c1-15-10(8-12)7-11(14)13-6-2-3-9-4-5-9/h9-10H,2-8,12H2,1H3,(H,13,14). The lowest BCUT2D eigenvalue weighted by Gasteiger charge is -2.12. The fourth-order valence-corrected chi connectivity index (χ4v) is 1.57. The minimum absolute atomic E-state index is 0.0445. The molecule has 4 heteroatoms. The van der Waals surface area contributed by atoms with Crippen LogP contribution in [0.1, 0.15) is 32.1 Å². The van der Waals surface area contributed by atoms with Crippen molar-refractivity contribution in [1.29, 1.82) is 0 Å². The van der Waals surface area contributed by atoms with E-state index in [0.717, 1.165) is 18.9 Å². The van der Waals surface area contributed by atoms with Crippen LogP contribution in [-0.2, 0) is 9.53 Å². The topological polar surface area (TPSA) is 64.3 Å². The maximum absolute atomic E-state index is 11.4. The quantitative estimate of drug-likeness (QED) is 0.583. The summed E-state index contributed by atoms with van der Waals surface area (Å²) in [7, 11) is 1.58. The van der Waals surface area contributed by atoms with Gasteiger partial charge in [0.15, 0.2) is 0 Å². The number of nitrogens with two attached hydrogens (primary N) is 1. The van der Waals surface area contributed by atoms with Crippen LogP contribution in [0.2, 0.25) is 0 Å². The van der Waals surface area contributed by atoms with Gasteiger partial charge in [0.25, 0.3) is 0 Å². The number of carbonyl (C=O) groups excluding carboxylic acids is 1. The molecule has 1 aliphatic rings. The Labute approximate surface area is 91.5 Å². The van der Waals surface area contributed by atoms with E-state index >= 15 is 0 Å². The molecule has 0 heterocycles. The second kappa shape index (κ2) is 6.80. The van der Waals surface area contributed by atoms with Gasteiger partial charge in [-0.2, -0.15) is 0 Å². The Morgan fingerprint density at radius 3 is 2.87 bits per heavy atom. The lowest BCUT2D eigenvalue weighted by atomic mass is 10.2. The van der Waals surface area contributed by atoms with Crippen molar-refractivity contribution in [2.45, 2.75) is 38.2 Å². The minimum Gasteiger partial charge on any atom is -0.380 e. The van der Waals surface area contributed by atoms with Crippen molar-refractivity contribution in [3.8, 4) is 0 Å². The first-order chi connectivity index (χ1) is 7.26. The van der Waals surface area contributed by atoms with Crippen LogP contribution in [-0.4, -0.2) is 32.2 Å². The Morgan fingerprint density at radius 2 is 2.33 bits per heavy atom. The highest BCUT2D eigenvalue weighted by molar-refractivity contribution is 5.76. The van der Waals surface area contributed by atoms with Crippen LogP contribution in [0.15, 0.2) is 0 Å². The molecule has 1 amide bonds. The second-order valence-electron chi connectivity index (χ2n) is 4.23. The molecule has 0 saturated heterocycles. The highest BCUT2D eigenvalue weighted by Gasteiger charge is 2.20. The lowest BCUT2D eigenvalue weighted by Crippen LogP contribution is -2.32. The first-order valence-corrected chi connectivity index (χ1v) is 5.75. The zero-order chi connectivity index (χ0) is 11.1. The third-order valence-electron chi connectivity index (χ3n) is 2.82. The van der Waals surface area contributed by atoms with Gasteiger partial charge in [0, 0.05) is 20.2 Å². The second-order valence-corrected chi connectivity index (χ2v) is 4.23. The van der Waals surface area contributed by atoms with Crippen molar-refractivity contribution in [1.82, 2.24) is 5.32 Å². The highest BCUT2D eigenvalue weighted by atomic mass is 16.5. The van der Waals surface area contributed by atoms with Crippen LogP contribution in [0.3, 0.4) is 0 Å². The molecule has 0 aromatic carbocycles. The molecule has 0 aromatic heterocycles. The minimum atomic E-state index is -0.145. The van der Waals surface area contributed by atoms with Gasteiger partial charge in [-0.15, -0.1) is 0 Å². The molecule has 0 spiro atoms. The summed E-state index contributed by atoms with van der Waals surface area (Å²) in [6, 6.07) is 0. The van der Waals surface area contributed by atoms with Gasteiger partial charge in [0.1, 0.15) is 0 Å². The van der Waals surface area contributed by atoms with Gasteiger partial charge in [-0.05, 0) is 18.8 Å². The fraction of sp³-hybridized carbons (Fsp3) is 0.909. The van der Waals surface area contributed by atoms with E-state index in [4.69, 9.17) is 10.5 Å². The van der Waals surface area contributed by atoms with Crippen molar-refractivity contribution in [2.75, 3.05) is 20.2 Å². The van der Waals surface area contributed by atoms with Gasteiger partial charge < -0.3 is 15.8 Å². The average Bonchev–Trinajstić information content (AvgIpc) is 3.05. The maximum atomic E-state index is 11.4. The Kier molecular flexibility index (Phi) is 5.65. The SMILES string of the molecule is COC(CN)CC(=O)NCCCC1CC1. The van der Waals surface area contributed by atoms with E-state index < -0.39 is 0 Å². The van der Waals surface area contributed by atoms with Crippen molar-refractivity contribution >= 4 is 5.91 Å². The summed E-state index contributed by atoms with van der Waals surface area (Å²) in [5.74, 6) is 0.987. The Hall–Kier alpha value is -0.610. The van der Waals surface area contributed by atoms with Crippen molar-refractivity contribution < 1.29 is 9.53 Å². The predicted octanol–water partition coefficient (Wildman–Crippen LogP) is 0.657. The van der Waals surface area contributed by atoms with Crippen LogP contribution < -0.4 is 11.1 Å². The zero-order valence-electron chi connectivity index (χ0n) is 9.50. The normalized spacial score (nSPS) is 17.5. The largest absolute Gasteiger partial charge is 0.380 e. The summed E-state index contributed by atoms with van der Waals surface area (Å²) in [4.78, 5) is 11.4. The van der Waals surface area contributed by atoms with Crippen molar-refractivity contribution in [3.63, 3.8) is 0 Å². The average molecular weight is 214 g/mol. The van der Waals surface area contributed by atoms with Crippen LogP contribution in [0, 0.1) is 5.92 Å². The van der Waals surface area contributed by atoms with Crippen LogP contribution >= 0.6 is 0 Å². The number of ether oxygens (including phenoxy) is 1. The smallest absolute Gasteiger partial charge is 0.222 e. The van der Waals surface area contributed by atoms with E-state index in [1.54, 1.807) is 7.11 Å². The number of methoxy groups -OCH3 is 1. The van der Waals surface area contributed by atoms with Gasteiger partial charge in [0.05, 0.1) is 12.5 Å². The summed E-state index contributed by atoms with van der Waals surface area (Å²) < 4.78 is 5.04. The molecule has 4 nitrogen and oxygen atoms in total. The molecule has 15 heavy (non-hydrogen) atoms. The van der Waals surface area contributed by atoms with E-state index in [1.807, 2.05) is 0 Å². The molecular formula is C11H22N2O2. The fourth-order valence-electron chi connectivity index (χ4n) is 1.57. The number of hydrogen-bond acceptors (Lipinski definition) is 3. The zero-order valence-corrected chi connectivity index (χ0v) is 9.50. The third-order valence-corrected chi connectivity index (χ3v) is 2.82. The molecule has 0 aromatic rings. The summed E-state index contributed by atoms with van der Waals surface area (Å²) in [6.45, 7) is 1.18. The first-order valence-electron chi connectivity index (χ1n) is 5.75. The van der Waals surface area contributed by atoms with E-state index in [2.05, 4.69) is 5.32 Å². The lowest BCUT2D eigenvalue weighted by molar-refractivity contribution is -0.123. The molecule has 1 fully saturated rings. The molecular weight excluding hydrogens is 192 g/mol. The molecule has 0 aliphatic heterocycles. The van der Waals surface area contributed by atoms with Gasteiger partial charge in [-0.1, -0.05) is 12.8 Å². The summed E-state index contributed by atoms with van der Waals surface area (Å²) in [6.07, 6.45) is 5.34. The van der Waals surface area contributed by atoms with Gasteiger partial charge in [0.2, 0.25) is 5.91 Å². The third kappa shape index (κ3) is 5.74. The predicted molar refractivity (Wildman–Crippen MR) is 59.4 cm³/mol. The van der Waals surface area contributed by atoms with Crippen molar-refractivity contribution in [2.24, 2.45) is 11.7 Å². The monoisotopic (exact) mass is 214 g/mol. The Bertz CT molecular complexity index is 189. The summed E-state index contributed by atoms with van der Waals surface area (Å²) in [5, 5.41) is 2.89. The molecule has 1 unspecified atom stereocenters. The van der Waals surface area contributed by atoms with E-state index in [0.29, 0.717) is 13.0 Å². The Balaban J connectivity index is 1.96. The van der Waals surface area contributed by atoms with Gasteiger partial charge >= 0.3 is 0 Å². The maximum Gasteiger partial charge on any atom is 0.222 e. The molecule has 3 N–H and O–H groups in total. The summed E-state index contributed by atoms with van der Waals surface area (Å²) in [5.41, 5.74) is 5.43. The van der Waals surface area contributed by atoms with E-state index in [1.165, 1.54) is 19.3 Å². The highest BCUT2D eigenvalue weighted by Crippen LogP contribution is 2.33. The molecule has 1 saturated carbocycles. The molecule has 1 rings (SSSR count). The van der Waals surface area contributed by atoms with Crippen LogP contribution in [0.5, 0.6) is 0 Å². The number of hydrogen-bond donors (Lipinski definition) is 2. The molecule has 0 radical (unpaired) electrons. The van der Waals surface area contributed by atoms with E-state index in [9.17, 15) is 4.79 Å². The van der Waals surface area contributed by atoms with Gasteiger partial charge in [-0.25, -0.2) is 0 Å². The van der Waals surface area contributed by atoms with E-state index in [-0.39, 0.29) is 12.0 Å². The molecule has 1 atom stereocenters. The first kappa shape index (κ1) is 12.5. The van der Waals surface area contributed by atoms with Gasteiger partial charge in [-0.3, -0.25) is 4.79 Å². The summed E-state index contributed by atoms with van der Waals surface area (Å²) >= 11 is 0. The molecule has 88 valence electrons.